The maximum atomic E-state index is 13.3. The van der Waals surface area contributed by atoms with Crippen LogP contribution in [0.1, 0.15) is 40.3 Å². The first-order valence-electron chi connectivity index (χ1n) is 12.2. The lowest BCUT2D eigenvalue weighted by Gasteiger charge is -2.18. The molecule has 1 atom stereocenters. The Morgan fingerprint density at radius 3 is 2.62 bits per heavy atom. The van der Waals surface area contributed by atoms with Crippen molar-refractivity contribution in [3.05, 3.63) is 102 Å². The summed E-state index contributed by atoms with van der Waals surface area (Å²) in [4.78, 5) is 27.6. The zero-order chi connectivity index (χ0) is 26.9. The summed E-state index contributed by atoms with van der Waals surface area (Å²) in [6.45, 7) is 1.86. The van der Waals surface area contributed by atoms with Gasteiger partial charge < -0.3 is 11.1 Å². The minimum absolute atomic E-state index is 0.100. The van der Waals surface area contributed by atoms with Crippen molar-refractivity contribution in [3.8, 4) is 23.1 Å². The number of benzene rings is 2. The van der Waals surface area contributed by atoms with E-state index in [0.29, 0.717) is 28.1 Å². The number of hydrogen-bond acceptors (Lipinski definition) is 7. The molecular weight excluding hydrogens is 490 g/mol. The van der Waals surface area contributed by atoms with E-state index >= 15 is 0 Å². The molecule has 0 aliphatic heterocycles. The second-order valence-corrected chi connectivity index (χ2v) is 8.98. The lowest BCUT2D eigenvalue weighted by molar-refractivity contribution is 0.0933. The van der Waals surface area contributed by atoms with Crippen LogP contribution in [0.25, 0.3) is 27.9 Å². The third-order valence-corrected chi connectivity index (χ3v) is 6.21. The van der Waals surface area contributed by atoms with Crippen LogP contribution in [0.3, 0.4) is 0 Å². The summed E-state index contributed by atoms with van der Waals surface area (Å²) in [5, 5.41) is 11.4. The van der Waals surface area contributed by atoms with E-state index < -0.39 is 11.9 Å². The van der Waals surface area contributed by atoms with Crippen molar-refractivity contribution >= 4 is 28.4 Å². The molecule has 10 nitrogen and oxygen atoms in total. The molecule has 0 bridgehead atoms. The van der Waals surface area contributed by atoms with Crippen LogP contribution in [0, 0.1) is 11.8 Å². The molecule has 0 radical (unpaired) electrons. The van der Waals surface area contributed by atoms with Gasteiger partial charge in [-0.1, -0.05) is 48.2 Å². The third-order valence-electron chi connectivity index (χ3n) is 6.21. The van der Waals surface area contributed by atoms with Crippen molar-refractivity contribution < 1.29 is 4.79 Å². The highest BCUT2D eigenvalue weighted by molar-refractivity contribution is 5.98. The number of para-hydroxylation sites is 1. The highest BCUT2D eigenvalue weighted by atomic mass is 16.2. The third kappa shape index (κ3) is 4.53. The Balaban J connectivity index is 1.43. The largest absolute Gasteiger partial charge is 0.382 e. The number of fused-ring (bicyclic) bond motifs is 2. The average Bonchev–Trinajstić information content (AvgIpc) is 3.52. The quantitative estimate of drug-likeness (QED) is 0.345. The standard InChI is InChI=1S/C29H23N9O/c1-18(33-29(39)27-28(30)35-23-12-7-15-31-38(23)27)24-26(20-8-4-3-5-9-20)36-25-21(10-6-11-22(25)34-24)14-13-19-16-32-37(2)17-19/h3-12,15-18H,30H2,1-2H3,(H,33,39)/t18-/m1/s1. The Bertz CT molecular complexity index is 1910. The number of rotatable bonds is 4. The lowest BCUT2D eigenvalue weighted by Crippen LogP contribution is -2.29. The molecule has 0 fully saturated rings. The molecule has 3 N–H and O–H groups in total. The average molecular weight is 514 g/mol. The fraction of sp³-hybridized carbons (Fsp3) is 0.103. The number of nitrogens with one attached hydrogen (secondary N) is 1. The Morgan fingerprint density at radius 2 is 1.82 bits per heavy atom. The molecule has 0 aliphatic rings. The van der Waals surface area contributed by atoms with Crippen LogP contribution < -0.4 is 11.1 Å². The van der Waals surface area contributed by atoms with Crippen LogP contribution in [0.4, 0.5) is 5.82 Å². The van der Waals surface area contributed by atoms with Crippen LogP contribution in [0.5, 0.6) is 0 Å². The van der Waals surface area contributed by atoms with E-state index in [1.54, 1.807) is 29.2 Å². The Labute approximate surface area is 223 Å². The van der Waals surface area contributed by atoms with Crippen LogP contribution in [0.2, 0.25) is 0 Å². The van der Waals surface area contributed by atoms with Gasteiger partial charge in [0.25, 0.3) is 5.91 Å². The molecule has 0 saturated heterocycles. The Hall–Kier alpha value is -5.56. The molecule has 190 valence electrons. The lowest BCUT2D eigenvalue weighted by atomic mass is 10.0. The molecule has 1 amide bonds. The summed E-state index contributed by atoms with van der Waals surface area (Å²) in [5.74, 6) is 6.05. The van der Waals surface area contributed by atoms with Crippen molar-refractivity contribution in [1.29, 1.82) is 0 Å². The Kier molecular flexibility index (Phi) is 5.93. The predicted octanol–water partition coefficient (Wildman–Crippen LogP) is 3.55. The zero-order valence-electron chi connectivity index (χ0n) is 21.2. The van der Waals surface area contributed by atoms with E-state index in [1.807, 2.05) is 68.7 Å². The smallest absolute Gasteiger partial charge is 0.274 e. The highest BCUT2D eigenvalue weighted by Gasteiger charge is 2.24. The van der Waals surface area contributed by atoms with Crippen molar-refractivity contribution in [2.24, 2.45) is 7.05 Å². The summed E-state index contributed by atoms with van der Waals surface area (Å²) in [7, 11) is 1.85. The summed E-state index contributed by atoms with van der Waals surface area (Å²) in [5.41, 5.74) is 11.7. The van der Waals surface area contributed by atoms with E-state index in [4.69, 9.17) is 15.7 Å². The number of amides is 1. The summed E-state index contributed by atoms with van der Waals surface area (Å²) in [6.07, 6.45) is 5.15. The van der Waals surface area contributed by atoms with Gasteiger partial charge in [-0.2, -0.15) is 10.2 Å². The normalized spacial score (nSPS) is 11.7. The molecule has 4 aromatic heterocycles. The van der Waals surface area contributed by atoms with Crippen LogP contribution in [-0.4, -0.2) is 40.3 Å². The second kappa shape index (κ2) is 9.72. The van der Waals surface area contributed by atoms with E-state index in [2.05, 4.69) is 32.3 Å². The van der Waals surface area contributed by atoms with Gasteiger partial charge in [0, 0.05) is 25.0 Å². The zero-order valence-corrected chi connectivity index (χ0v) is 21.2. The van der Waals surface area contributed by atoms with Gasteiger partial charge in [-0.05, 0) is 31.2 Å². The van der Waals surface area contributed by atoms with Gasteiger partial charge in [0.2, 0.25) is 0 Å². The number of carbonyl (C=O) groups is 1. The molecule has 2 aromatic carbocycles. The fourth-order valence-electron chi connectivity index (χ4n) is 4.38. The number of anilines is 1. The molecule has 0 aliphatic carbocycles. The molecule has 6 aromatic rings. The van der Waals surface area contributed by atoms with Gasteiger partial charge in [0.05, 0.1) is 40.3 Å². The molecule has 4 heterocycles. The number of nitrogens with zero attached hydrogens (tertiary/aromatic N) is 7. The van der Waals surface area contributed by atoms with Gasteiger partial charge in [-0.3, -0.25) is 9.48 Å². The van der Waals surface area contributed by atoms with E-state index in [-0.39, 0.29) is 11.5 Å². The minimum Gasteiger partial charge on any atom is -0.382 e. The number of carbonyl (C=O) groups excluding carboxylic acids is 1. The maximum Gasteiger partial charge on any atom is 0.274 e. The molecule has 0 unspecified atom stereocenters. The fourth-order valence-corrected chi connectivity index (χ4v) is 4.38. The topological polar surface area (TPSA) is 129 Å². The number of nitrogens with two attached hydrogens (primary N) is 1. The first-order chi connectivity index (χ1) is 19.0. The molecule has 39 heavy (non-hydrogen) atoms. The molecular formula is C29H23N9O. The minimum atomic E-state index is -0.511. The van der Waals surface area contributed by atoms with Crippen molar-refractivity contribution in [1.82, 2.24) is 39.7 Å². The molecule has 0 saturated carbocycles. The number of hydrogen-bond donors (Lipinski definition) is 2. The van der Waals surface area contributed by atoms with Gasteiger partial charge in [0.1, 0.15) is 5.52 Å². The molecule has 6 rings (SSSR count). The van der Waals surface area contributed by atoms with Gasteiger partial charge in [-0.15, -0.1) is 0 Å². The number of nitrogen functional groups attached to an aromatic ring is 1. The summed E-state index contributed by atoms with van der Waals surface area (Å²) in [6, 6.07) is 18.4. The van der Waals surface area contributed by atoms with Crippen molar-refractivity contribution in [3.63, 3.8) is 0 Å². The summed E-state index contributed by atoms with van der Waals surface area (Å²) < 4.78 is 3.13. The number of aromatic nitrogens is 7. The number of aryl methyl sites for hydroxylation is 1. The second-order valence-electron chi connectivity index (χ2n) is 8.98. The van der Waals surface area contributed by atoms with Crippen LogP contribution in [0.15, 0.2) is 79.3 Å². The number of imidazole rings is 1. The van der Waals surface area contributed by atoms with E-state index in [0.717, 1.165) is 16.7 Å². The Morgan fingerprint density at radius 1 is 0.974 bits per heavy atom. The molecule has 10 heteroatoms. The predicted molar refractivity (Wildman–Crippen MR) is 147 cm³/mol. The summed E-state index contributed by atoms with van der Waals surface area (Å²) >= 11 is 0. The van der Waals surface area contributed by atoms with Crippen molar-refractivity contribution in [2.45, 2.75) is 13.0 Å². The highest BCUT2D eigenvalue weighted by Crippen LogP contribution is 2.29. The van der Waals surface area contributed by atoms with Crippen molar-refractivity contribution in [2.75, 3.05) is 5.73 Å². The van der Waals surface area contributed by atoms with E-state index in [1.165, 1.54) is 4.52 Å². The first-order valence-corrected chi connectivity index (χ1v) is 12.2. The van der Waals surface area contributed by atoms with Gasteiger partial charge in [0.15, 0.2) is 17.2 Å². The van der Waals surface area contributed by atoms with Gasteiger partial charge in [-0.25, -0.2) is 19.5 Å². The first kappa shape index (κ1) is 23.8. The maximum absolute atomic E-state index is 13.3. The van der Waals surface area contributed by atoms with Crippen LogP contribution in [-0.2, 0) is 7.05 Å². The van der Waals surface area contributed by atoms with E-state index in [9.17, 15) is 4.79 Å². The SMILES string of the molecule is C[C@@H](NC(=O)c1c(N)nc2cccnn12)c1nc2cccc(C#Cc3cnn(C)c3)c2nc1-c1ccccc1. The van der Waals surface area contributed by atoms with Gasteiger partial charge >= 0.3 is 0 Å². The molecule has 0 spiro atoms. The van der Waals surface area contributed by atoms with Crippen LogP contribution >= 0.6 is 0 Å². The monoisotopic (exact) mass is 513 g/mol.